The summed E-state index contributed by atoms with van der Waals surface area (Å²) in [6, 6.07) is 9.64. The summed E-state index contributed by atoms with van der Waals surface area (Å²) in [4.78, 5) is 11.5. The lowest BCUT2D eigenvalue weighted by Crippen LogP contribution is -2.26. The molecular weight excluding hydrogens is 492 g/mol. The van der Waals surface area contributed by atoms with E-state index in [0.29, 0.717) is 24.6 Å². The van der Waals surface area contributed by atoms with Gasteiger partial charge >= 0.3 is 0 Å². The molecule has 202 valence electrons. The van der Waals surface area contributed by atoms with Gasteiger partial charge in [0.15, 0.2) is 0 Å². The molecule has 2 atom stereocenters. The van der Waals surface area contributed by atoms with Crippen LogP contribution in [0.3, 0.4) is 0 Å². The first kappa shape index (κ1) is 25.1. The van der Waals surface area contributed by atoms with Crippen molar-refractivity contribution in [1.29, 1.82) is 0 Å². The lowest BCUT2D eigenvalue weighted by Gasteiger charge is -2.20. The zero-order valence-electron chi connectivity index (χ0n) is 22.0. The average molecular weight is 527 g/mol. The monoisotopic (exact) mass is 526 g/mol. The van der Waals surface area contributed by atoms with Gasteiger partial charge in [0.2, 0.25) is 0 Å². The van der Waals surface area contributed by atoms with Crippen LogP contribution in [0.5, 0.6) is 5.75 Å². The molecule has 1 aromatic carbocycles. The molecule has 10 nitrogen and oxygen atoms in total. The minimum atomic E-state index is 0.154. The quantitative estimate of drug-likeness (QED) is 0.212. The summed E-state index contributed by atoms with van der Waals surface area (Å²) >= 11 is 0. The molecule has 0 saturated carbocycles. The van der Waals surface area contributed by atoms with Crippen LogP contribution < -0.4 is 21.7 Å². The number of nitrogens with zero attached hydrogens (tertiary/aromatic N) is 5. The van der Waals surface area contributed by atoms with Gasteiger partial charge in [-0.25, -0.2) is 9.51 Å². The predicted octanol–water partition coefficient (Wildman–Crippen LogP) is 3.44. The van der Waals surface area contributed by atoms with Crippen LogP contribution in [0.4, 0.5) is 17.1 Å². The Hall–Kier alpha value is -4.15. The number of aromatic nitrogens is 3. The molecule has 5 heterocycles. The Morgan fingerprint density at radius 1 is 1.23 bits per heavy atom. The summed E-state index contributed by atoms with van der Waals surface area (Å²) in [5.41, 5.74) is 20.1. The van der Waals surface area contributed by atoms with Crippen molar-refractivity contribution in [3.8, 4) is 16.9 Å². The van der Waals surface area contributed by atoms with Gasteiger partial charge in [-0.3, -0.25) is 4.98 Å². The van der Waals surface area contributed by atoms with E-state index in [4.69, 9.17) is 26.3 Å². The maximum absolute atomic E-state index is 9.91. The SMILES string of the molecule is CCc1cc(O)ccc1N=C(N)c1cnn2cc(-c3cnccc3N3CC[C@@H](N)C3)cc2c1N[C@H]1CCOC1. The van der Waals surface area contributed by atoms with Gasteiger partial charge in [-0.1, -0.05) is 6.92 Å². The van der Waals surface area contributed by atoms with E-state index in [9.17, 15) is 5.11 Å². The molecule has 0 bridgehead atoms. The van der Waals surface area contributed by atoms with Crippen molar-refractivity contribution in [2.45, 2.75) is 38.3 Å². The van der Waals surface area contributed by atoms with Crippen molar-refractivity contribution in [3.05, 3.63) is 66.2 Å². The lowest BCUT2D eigenvalue weighted by atomic mass is 10.1. The van der Waals surface area contributed by atoms with Gasteiger partial charge in [-0.2, -0.15) is 5.10 Å². The molecule has 0 spiro atoms. The van der Waals surface area contributed by atoms with Gasteiger partial charge in [0.1, 0.15) is 11.6 Å². The number of benzene rings is 1. The summed E-state index contributed by atoms with van der Waals surface area (Å²) in [6.07, 6.45) is 10.1. The summed E-state index contributed by atoms with van der Waals surface area (Å²) in [5, 5.41) is 18.3. The largest absolute Gasteiger partial charge is 0.508 e. The van der Waals surface area contributed by atoms with Crippen molar-refractivity contribution in [3.63, 3.8) is 0 Å². The number of aromatic hydroxyl groups is 1. The Balaban J connectivity index is 1.45. The number of hydrogen-bond donors (Lipinski definition) is 4. The summed E-state index contributed by atoms with van der Waals surface area (Å²) in [6.45, 7) is 5.11. The highest BCUT2D eigenvalue weighted by atomic mass is 16.5. The van der Waals surface area contributed by atoms with Crippen molar-refractivity contribution in [2.75, 3.05) is 36.5 Å². The fraction of sp³-hybridized carbons (Fsp3) is 0.345. The minimum absolute atomic E-state index is 0.154. The molecule has 6 N–H and O–H groups in total. The number of nitrogens with one attached hydrogen (secondary N) is 1. The fourth-order valence-corrected chi connectivity index (χ4v) is 5.45. The van der Waals surface area contributed by atoms with Gasteiger partial charge in [-0.05, 0) is 55.2 Å². The molecule has 0 radical (unpaired) electrons. The van der Waals surface area contributed by atoms with E-state index < -0.39 is 0 Å². The van der Waals surface area contributed by atoms with E-state index in [1.165, 1.54) is 0 Å². The average Bonchev–Trinajstić information content (AvgIpc) is 3.71. The zero-order valence-corrected chi connectivity index (χ0v) is 22.0. The number of amidine groups is 1. The van der Waals surface area contributed by atoms with Crippen molar-refractivity contribution in [1.82, 2.24) is 14.6 Å². The highest BCUT2D eigenvalue weighted by molar-refractivity contribution is 6.06. The van der Waals surface area contributed by atoms with Crippen LogP contribution in [0.15, 0.2) is 60.1 Å². The smallest absolute Gasteiger partial charge is 0.135 e. The third-order valence-corrected chi connectivity index (χ3v) is 7.55. The molecule has 10 heteroatoms. The molecule has 39 heavy (non-hydrogen) atoms. The normalized spacial score (nSPS) is 19.7. The van der Waals surface area contributed by atoms with Crippen LogP contribution in [0.2, 0.25) is 0 Å². The minimum Gasteiger partial charge on any atom is -0.508 e. The van der Waals surface area contributed by atoms with Gasteiger partial charge in [0, 0.05) is 61.1 Å². The molecule has 0 unspecified atom stereocenters. The van der Waals surface area contributed by atoms with Crippen LogP contribution in [0.1, 0.15) is 30.9 Å². The predicted molar refractivity (Wildman–Crippen MR) is 154 cm³/mol. The zero-order chi connectivity index (χ0) is 26.9. The van der Waals surface area contributed by atoms with Gasteiger partial charge in [0.05, 0.1) is 41.3 Å². The molecule has 2 aliphatic heterocycles. The van der Waals surface area contributed by atoms with Crippen LogP contribution in [-0.4, -0.2) is 63.9 Å². The Bertz CT molecular complexity index is 1530. The number of aryl methyl sites for hydroxylation is 1. The molecular formula is C29H34N8O2. The molecule has 3 aromatic heterocycles. The van der Waals surface area contributed by atoms with Crippen LogP contribution in [-0.2, 0) is 11.2 Å². The number of hydrogen-bond acceptors (Lipinski definition) is 8. The lowest BCUT2D eigenvalue weighted by molar-refractivity contribution is 0.195. The maximum Gasteiger partial charge on any atom is 0.135 e. The van der Waals surface area contributed by atoms with E-state index >= 15 is 0 Å². The third kappa shape index (κ3) is 5.00. The summed E-state index contributed by atoms with van der Waals surface area (Å²) in [7, 11) is 0. The number of aliphatic imine (C=N–C) groups is 1. The van der Waals surface area contributed by atoms with Crippen molar-refractivity contribution in [2.24, 2.45) is 16.5 Å². The second kappa shape index (κ2) is 10.5. The molecule has 0 amide bonds. The number of anilines is 2. The molecule has 0 aliphatic carbocycles. The van der Waals surface area contributed by atoms with Gasteiger partial charge in [-0.15, -0.1) is 0 Å². The van der Waals surface area contributed by atoms with Crippen molar-refractivity contribution >= 4 is 28.4 Å². The number of rotatable bonds is 7. The highest BCUT2D eigenvalue weighted by Crippen LogP contribution is 2.36. The first-order chi connectivity index (χ1) is 19.0. The van der Waals surface area contributed by atoms with Crippen LogP contribution >= 0.6 is 0 Å². The summed E-state index contributed by atoms with van der Waals surface area (Å²) < 4.78 is 7.51. The van der Waals surface area contributed by atoms with Gasteiger partial charge < -0.3 is 31.5 Å². The van der Waals surface area contributed by atoms with Crippen molar-refractivity contribution < 1.29 is 9.84 Å². The Morgan fingerprint density at radius 2 is 2.13 bits per heavy atom. The topological polar surface area (TPSA) is 139 Å². The molecule has 2 saturated heterocycles. The second-order valence-electron chi connectivity index (χ2n) is 10.2. The molecule has 6 rings (SSSR count). The number of phenols is 1. The number of nitrogens with two attached hydrogens (primary N) is 2. The van der Waals surface area contributed by atoms with E-state index in [0.717, 1.165) is 71.6 Å². The fourth-order valence-electron chi connectivity index (χ4n) is 5.45. The number of ether oxygens (including phenoxy) is 1. The van der Waals surface area contributed by atoms with E-state index in [-0.39, 0.29) is 17.8 Å². The van der Waals surface area contributed by atoms with Crippen LogP contribution in [0.25, 0.3) is 16.6 Å². The Labute approximate surface area is 227 Å². The van der Waals surface area contributed by atoms with E-state index in [1.807, 2.05) is 30.0 Å². The number of fused-ring (bicyclic) bond motifs is 1. The first-order valence-electron chi connectivity index (χ1n) is 13.5. The number of pyridine rings is 1. The number of phenolic OH excluding ortho intramolecular Hbond substituents is 1. The maximum atomic E-state index is 9.91. The standard InChI is InChI=1S/C29H34N8O2/c1-2-18-11-22(38)3-4-25(18)35-29(31)24-14-33-37-15-19(12-27(37)28(24)34-21-7-10-39-17-21)23-13-32-8-5-26(23)36-9-6-20(30)16-36/h3-5,8,11-15,20-21,34,38H,2,6-7,9-10,16-17,30H2,1H3,(H2,31,35)/t20-,21+/m1/s1. The third-order valence-electron chi connectivity index (χ3n) is 7.55. The molecule has 4 aromatic rings. The molecule has 2 aliphatic rings. The second-order valence-corrected chi connectivity index (χ2v) is 10.2. The highest BCUT2D eigenvalue weighted by Gasteiger charge is 2.24. The summed E-state index contributed by atoms with van der Waals surface area (Å²) in [5.74, 6) is 0.560. The molecule has 2 fully saturated rings. The Kier molecular flexibility index (Phi) is 6.80. The van der Waals surface area contributed by atoms with E-state index in [1.54, 1.807) is 24.4 Å². The first-order valence-corrected chi connectivity index (χ1v) is 13.5. The Morgan fingerprint density at radius 3 is 2.90 bits per heavy atom. The van der Waals surface area contributed by atoms with E-state index in [2.05, 4.69) is 27.3 Å². The van der Waals surface area contributed by atoms with Crippen LogP contribution in [0, 0.1) is 0 Å². The van der Waals surface area contributed by atoms with Gasteiger partial charge in [0.25, 0.3) is 0 Å².